The van der Waals surface area contributed by atoms with Crippen molar-refractivity contribution in [3.05, 3.63) is 77.9 Å². The Hall–Kier alpha value is -4.00. The summed E-state index contributed by atoms with van der Waals surface area (Å²) in [5, 5.41) is 5.57. The summed E-state index contributed by atoms with van der Waals surface area (Å²) in [6.45, 7) is 1.89. The van der Waals surface area contributed by atoms with Gasteiger partial charge in [0.1, 0.15) is 17.2 Å². The average molecular weight is 434 g/mol. The molecule has 0 heterocycles. The highest BCUT2D eigenvalue weighted by molar-refractivity contribution is 6.05. The fourth-order valence-electron chi connectivity index (χ4n) is 3.07. The maximum atomic E-state index is 12.5. The molecule has 2 N–H and O–H groups in total. The van der Waals surface area contributed by atoms with E-state index in [1.165, 1.54) is 14.2 Å². The Labute approximate surface area is 187 Å². The van der Waals surface area contributed by atoms with E-state index in [0.29, 0.717) is 34.2 Å². The average Bonchev–Trinajstić information content (AvgIpc) is 2.83. The van der Waals surface area contributed by atoms with Crippen LogP contribution in [0.4, 0.5) is 11.4 Å². The Morgan fingerprint density at radius 1 is 0.812 bits per heavy atom. The molecule has 0 aromatic heterocycles. The molecule has 0 aliphatic rings. The van der Waals surface area contributed by atoms with Gasteiger partial charge in [-0.15, -0.1) is 0 Å². The lowest BCUT2D eigenvalue weighted by molar-refractivity contribution is -0.118. The predicted octanol–water partition coefficient (Wildman–Crippen LogP) is 4.54. The lowest BCUT2D eigenvalue weighted by atomic mass is 10.2. The van der Waals surface area contributed by atoms with Gasteiger partial charge in [-0.25, -0.2) is 0 Å². The minimum atomic E-state index is -0.353. The smallest absolute Gasteiger partial charge is 0.262 e. The van der Waals surface area contributed by atoms with Gasteiger partial charge in [0.05, 0.1) is 25.6 Å². The summed E-state index contributed by atoms with van der Waals surface area (Å²) in [5.74, 6) is 0.735. The van der Waals surface area contributed by atoms with Crippen LogP contribution in [0, 0.1) is 0 Å². The topological polar surface area (TPSA) is 85.9 Å². The van der Waals surface area contributed by atoms with Crippen molar-refractivity contribution < 1.29 is 23.8 Å². The molecule has 0 spiro atoms. The van der Waals surface area contributed by atoms with Crippen LogP contribution >= 0.6 is 0 Å². The monoisotopic (exact) mass is 434 g/mol. The summed E-state index contributed by atoms with van der Waals surface area (Å²) >= 11 is 0. The first-order chi connectivity index (χ1) is 15.5. The lowest BCUT2D eigenvalue weighted by Crippen LogP contribution is -2.21. The van der Waals surface area contributed by atoms with Gasteiger partial charge >= 0.3 is 0 Å². The SMILES string of the molecule is CCc1cccc(OCC(=O)Nc2cc(OC)c(NC(=O)c3ccccc3)cc2OC)c1. The number of ether oxygens (including phenoxy) is 3. The Kier molecular flexibility index (Phi) is 7.70. The summed E-state index contributed by atoms with van der Waals surface area (Å²) in [6.07, 6.45) is 0.882. The second kappa shape index (κ2) is 10.9. The zero-order valence-corrected chi connectivity index (χ0v) is 18.3. The molecule has 3 aromatic carbocycles. The number of amides is 2. The first kappa shape index (κ1) is 22.7. The van der Waals surface area contributed by atoms with Crippen LogP contribution in [0.3, 0.4) is 0 Å². The number of rotatable bonds is 9. The van der Waals surface area contributed by atoms with Crippen molar-refractivity contribution in [3.8, 4) is 17.2 Å². The molecule has 0 bridgehead atoms. The second-order valence-electron chi connectivity index (χ2n) is 6.91. The molecule has 0 fully saturated rings. The molecule has 0 atom stereocenters. The molecule has 3 rings (SSSR count). The van der Waals surface area contributed by atoms with Gasteiger partial charge in [-0.05, 0) is 36.2 Å². The van der Waals surface area contributed by atoms with Gasteiger partial charge in [0.15, 0.2) is 6.61 Å². The highest BCUT2D eigenvalue weighted by Gasteiger charge is 2.16. The van der Waals surface area contributed by atoms with E-state index in [1.807, 2.05) is 24.3 Å². The highest BCUT2D eigenvalue weighted by atomic mass is 16.5. The van der Waals surface area contributed by atoms with Crippen LogP contribution in [-0.2, 0) is 11.2 Å². The van der Waals surface area contributed by atoms with Crippen LogP contribution in [0.2, 0.25) is 0 Å². The molecule has 3 aromatic rings. The molecule has 0 saturated heterocycles. The number of benzene rings is 3. The predicted molar refractivity (Wildman–Crippen MR) is 124 cm³/mol. The number of methoxy groups -OCH3 is 2. The third-order valence-corrected chi connectivity index (χ3v) is 4.76. The Bertz CT molecular complexity index is 1080. The fourth-order valence-corrected chi connectivity index (χ4v) is 3.07. The number of anilines is 2. The van der Waals surface area contributed by atoms with Crippen molar-refractivity contribution in [2.45, 2.75) is 13.3 Å². The number of hydrogen-bond donors (Lipinski definition) is 2. The molecular weight excluding hydrogens is 408 g/mol. The third kappa shape index (κ3) is 5.78. The molecule has 0 aliphatic heterocycles. The van der Waals surface area contributed by atoms with Crippen molar-refractivity contribution in [2.75, 3.05) is 31.5 Å². The van der Waals surface area contributed by atoms with Gasteiger partial charge in [-0.1, -0.05) is 37.3 Å². The number of carbonyl (C=O) groups excluding carboxylic acids is 2. The van der Waals surface area contributed by atoms with E-state index in [2.05, 4.69) is 17.6 Å². The Morgan fingerprint density at radius 3 is 2.09 bits per heavy atom. The van der Waals surface area contributed by atoms with Crippen LogP contribution < -0.4 is 24.8 Å². The third-order valence-electron chi connectivity index (χ3n) is 4.76. The molecule has 0 radical (unpaired) electrons. The Balaban J connectivity index is 1.72. The minimum absolute atomic E-state index is 0.162. The van der Waals surface area contributed by atoms with Crippen LogP contribution in [0.15, 0.2) is 66.7 Å². The Morgan fingerprint density at radius 2 is 1.47 bits per heavy atom. The van der Waals surface area contributed by atoms with Crippen molar-refractivity contribution in [3.63, 3.8) is 0 Å². The van der Waals surface area contributed by atoms with Crippen LogP contribution in [0.25, 0.3) is 0 Å². The van der Waals surface area contributed by atoms with Gasteiger partial charge in [0.25, 0.3) is 11.8 Å². The summed E-state index contributed by atoms with van der Waals surface area (Å²) in [4.78, 5) is 25.0. The number of carbonyl (C=O) groups is 2. The first-order valence-electron chi connectivity index (χ1n) is 10.2. The molecule has 7 nitrogen and oxygen atoms in total. The van der Waals surface area contributed by atoms with Crippen LogP contribution in [-0.4, -0.2) is 32.6 Å². The number of hydrogen-bond acceptors (Lipinski definition) is 5. The van der Waals surface area contributed by atoms with Gasteiger partial charge in [-0.2, -0.15) is 0 Å². The molecule has 0 aliphatic carbocycles. The zero-order valence-electron chi connectivity index (χ0n) is 18.3. The van der Waals surface area contributed by atoms with Gasteiger partial charge in [-0.3, -0.25) is 9.59 Å². The fraction of sp³-hybridized carbons (Fsp3) is 0.200. The van der Waals surface area contributed by atoms with E-state index in [1.54, 1.807) is 42.5 Å². The summed E-state index contributed by atoms with van der Waals surface area (Å²) < 4.78 is 16.4. The standard InChI is InChI=1S/C25H26N2O5/c1-4-17-9-8-12-19(13-17)32-16-24(28)26-20-14-23(31-3)21(15-22(20)30-2)27-25(29)18-10-6-5-7-11-18/h5-15H,4,16H2,1-3H3,(H,26,28)(H,27,29). The quantitative estimate of drug-likeness (QED) is 0.517. The molecule has 166 valence electrons. The second-order valence-corrected chi connectivity index (χ2v) is 6.91. The van der Waals surface area contributed by atoms with E-state index >= 15 is 0 Å². The summed E-state index contributed by atoms with van der Waals surface area (Å²) in [5.41, 5.74) is 2.46. The maximum absolute atomic E-state index is 12.5. The first-order valence-corrected chi connectivity index (χ1v) is 10.2. The van der Waals surface area contributed by atoms with E-state index < -0.39 is 0 Å². The normalized spacial score (nSPS) is 10.2. The maximum Gasteiger partial charge on any atom is 0.262 e. The van der Waals surface area contributed by atoms with Gasteiger partial charge in [0, 0.05) is 17.7 Å². The van der Waals surface area contributed by atoms with Crippen molar-refractivity contribution in [1.29, 1.82) is 0 Å². The van der Waals surface area contributed by atoms with Crippen LogP contribution in [0.1, 0.15) is 22.8 Å². The van der Waals surface area contributed by atoms with Crippen molar-refractivity contribution >= 4 is 23.2 Å². The van der Waals surface area contributed by atoms with Crippen LogP contribution in [0.5, 0.6) is 17.2 Å². The van der Waals surface area contributed by atoms with E-state index in [9.17, 15) is 9.59 Å². The molecule has 7 heteroatoms. The van der Waals surface area contributed by atoms with Crippen molar-refractivity contribution in [1.82, 2.24) is 0 Å². The summed E-state index contributed by atoms with van der Waals surface area (Å²) in [6, 6.07) is 19.6. The molecule has 0 saturated carbocycles. The highest BCUT2D eigenvalue weighted by Crippen LogP contribution is 2.36. The van der Waals surface area contributed by atoms with E-state index in [0.717, 1.165) is 12.0 Å². The van der Waals surface area contributed by atoms with E-state index in [4.69, 9.17) is 14.2 Å². The minimum Gasteiger partial charge on any atom is -0.494 e. The largest absolute Gasteiger partial charge is 0.494 e. The van der Waals surface area contributed by atoms with Gasteiger partial charge < -0.3 is 24.8 Å². The number of nitrogens with one attached hydrogen (secondary N) is 2. The molecule has 32 heavy (non-hydrogen) atoms. The van der Waals surface area contributed by atoms with E-state index in [-0.39, 0.29) is 18.4 Å². The zero-order chi connectivity index (χ0) is 22.9. The van der Waals surface area contributed by atoms with Crippen molar-refractivity contribution in [2.24, 2.45) is 0 Å². The number of aryl methyl sites for hydroxylation is 1. The van der Waals surface area contributed by atoms with Gasteiger partial charge in [0.2, 0.25) is 0 Å². The summed E-state index contributed by atoms with van der Waals surface area (Å²) in [7, 11) is 2.96. The molecule has 0 unspecified atom stereocenters. The lowest BCUT2D eigenvalue weighted by Gasteiger charge is -2.16. The molecular formula is C25H26N2O5. The molecule has 2 amide bonds.